The zero-order valence-electron chi connectivity index (χ0n) is 12.3. The normalized spacial score (nSPS) is 22.1. The van der Waals surface area contributed by atoms with Crippen molar-refractivity contribution in [2.45, 2.75) is 51.7 Å². The third-order valence-corrected chi connectivity index (χ3v) is 3.75. The van der Waals surface area contributed by atoms with Gasteiger partial charge >= 0.3 is 0 Å². The number of aromatic amines is 1. The molecule has 0 aromatic carbocycles. The molecule has 1 fully saturated rings. The topological polar surface area (TPSA) is 68.6 Å². The SMILES string of the molecule is Cc1cc(Cn2cc(C3CCOC(C)(C)C3)nn2)n[nH]1. The van der Waals surface area contributed by atoms with Crippen LogP contribution in [0, 0.1) is 6.92 Å². The van der Waals surface area contributed by atoms with Crippen LogP contribution in [0.2, 0.25) is 0 Å². The first-order valence-electron chi connectivity index (χ1n) is 7.07. The molecule has 0 aliphatic carbocycles. The largest absolute Gasteiger partial charge is 0.376 e. The smallest absolute Gasteiger partial charge is 0.0867 e. The summed E-state index contributed by atoms with van der Waals surface area (Å²) in [7, 11) is 0. The van der Waals surface area contributed by atoms with E-state index in [0.717, 1.165) is 36.5 Å². The van der Waals surface area contributed by atoms with Crippen LogP contribution in [0.4, 0.5) is 0 Å². The monoisotopic (exact) mass is 275 g/mol. The van der Waals surface area contributed by atoms with Crippen LogP contribution in [0.25, 0.3) is 0 Å². The molecule has 2 aromatic rings. The van der Waals surface area contributed by atoms with Crippen molar-refractivity contribution >= 4 is 0 Å². The molecule has 0 bridgehead atoms. The predicted octanol–water partition coefficient (Wildman–Crippen LogP) is 2.03. The lowest BCUT2D eigenvalue weighted by Crippen LogP contribution is -2.33. The van der Waals surface area contributed by atoms with E-state index in [1.807, 2.05) is 23.9 Å². The molecule has 108 valence electrons. The first-order chi connectivity index (χ1) is 9.52. The number of aromatic nitrogens is 5. The van der Waals surface area contributed by atoms with Crippen molar-refractivity contribution in [3.63, 3.8) is 0 Å². The quantitative estimate of drug-likeness (QED) is 0.930. The summed E-state index contributed by atoms with van der Waals surface area (Å²) in [6, 6.07) is 2.03. The van der Waals surface area contributed by atoms with Gasteiger partial charge < -0.3 is 4.74 Å². The second-order valence-corrected chi connectivity index (χ2v) is 6.18. The fourth-order valence-corrected chi connectivity index (χ4v) is 2.78. The van der Waals surface area contributed by atoms with Gasteiger partial charge in [-0.2, -0.15) is 5.10 Å². The Hall–Kier alpha value is -1.69. The Morgan fingerprint density at radius 3 is 3.05 bits per heavy atom. The number of aryl methyl sites for hydroxylation is 1. The number of hydrogen-bond donors (Lipinski definition) is 1. The molecule has 2 aromatic heterocycles. The van der Waals surface area contributed by atoms with E-state index in [9.17, 15) is 0 Å². The molecule has 1 aliphatic rings. The molecule has 0 amide bonds. The van der Waals surface area contributed by atoms with Crippen LogP contribution in [0.3, 0.4) is 0 Å². The zero-order chi connectivity index (χ0) is 14.2. The van der Waals surface area contributed by atoms with Crippen molar-refractivity contribution in [1.29, 1.82) is 0 Å². The van der Waals surface area contributed by atoms with Gasteiger partial charge in [0.25, 0.3) is 0 Å². The molecule has 1 N–H and O–H groups in total. The van der Waals surface area contributed by atoms with Crippen LogP contribution < -0.4 is 0 Å². The van der Waals surface area contributed by atoms with Gasteiger partial charge in [0, 0.05) is 24.4 Å². The van der Waals surface area contributed by atoms with Crippen molar-refractivity contribution in [1.82, 2.24) is 25.2 Å². The maximum atomic E-state index is 5.75. The first-order valence-corrected chi connectivity index (χ1v) is 7.07. The maximum absolute atomic E-state index is 5.75. The van der Waals surface area contributed by atoms with Gasteiger partial charge in [0.05, 0.1) is 23.5 Å². The van der Waals surface area contributed by atoms with Crippen LogP contribution >= 0.6 is 0 Å². The van der Waals surface area contributed by atoms with E-state index in [0.29, 0.717) is 12.5 Å². The second kappa shape index (κ2) is 5.01. The zero-order valence-corrected chi connectivity index (χ0v) is 12.3. The lowest BCUT2D eigenvalue weighted by atomic mass is 9.86. The van der Waals surface area contributed by atoms with E-state index in [4.69, 9.17) is 4.74 Å². The lowest BCUT2D eigenvalue weighted by Gasteiger charge is -2.34. The highest BCUT2D eigenvalue weighted by Crippen LogP contribution is 2.34. The summed E-state index contributed by atoms with van der Waals surface area (Å²) in [6.07, 6.45) is 4.05. The van der Waals surface area contributed by atoms with E-state index in [1.165, 1.54) is 0 Å². The molecule has 1 unspecified atom stereocenters. The molecular weight excluding hydrogens is 254 g/mol. The van der Waals surface area contributed by atoms with Gasteiger partial charge in [0.2, 0.25) is 0 Å². The fraction of sp³-hybridized carbons (Fsp3) is 0.643. The van der Waals surface area contributed by atoms with Crippen molar-refractivity contribution in [3.8, 4) is 0 Å². The van der Waals surface area contributed by atoms with Crippen molar-refractivity contribution < 1.29 is 4.74 Å². The summed E-state index contributed by atoms with van der Waals surface area (Å²) in [5.74, 6) is 0.438. The van der Waals surface area contributed by atoms with Gasteiger partial charge in [-0.05, 0) is 39.7 Å². The molecule has 0 radical (unpaired) electrons. The predicted molar refractivity (Wildman–Crippen MR) is 74.5 cm³/mol. The highest BCUT2D eigenvalue weighted by atomic mass is 16.5. The summed E-state index contributed by atoms with van der Waals surface area (Å²) in [4.78, 5) is 0. The average Bonchev–Trinajstić information content (AvgIpc) is 2.98. The van der Waals surface area contributed by atoms with Crippen LogP contribution in [0.1, 0.15) is 49.7 Å². The molecule has 6 heteroatoms. The minimum Gasteiger partial charge on any atom is -0.376 e. The number of nitrogens with zero attached hydrogens (tertiary/aromatic N) is 4. The molecule has 6 nitrogen and oxygen atoms in total. The first kappa shape index (κ1) is 13.3. The molecule has 3 rings (SSSR count). The highest BCUT2D eigenvalue weighted by Gasteiger charge is 2.31. The third-order valence-electron chi connectivity index (χ3n) is 3.75. The Labute approximate surface area is 118 Å². The maximum Gasteiger partial charge on any atom is 0.0867 e. The lowest BCUT2D eigenvalue weighted by molar-refractivity contribution is -0.0597. The van der Waals surface area contributed by atoms with Gasteiger partial charge in [0.1, 0.15) is 0 Å². The molecule has 1 atom stereocenters. The summed E-state index contributed by atoms with van der Waals surface area (Å²) >= 11 is 0. The molecule has 1 aliphatic heterocycles. The summed E-state index contributed by atoms with van der Waals surface area (Å²) in [5.41, 5.74) is 3.04. The van der Waals surface area contributed by atoms with E-state index < -0.39 is 0 Å². The van der Waals surface area contributed by atoms with E-state index >= 15 is 0 Å². The van der Waals surface area contributed by atoms with Crippen molar-refractivity contribution in [2.75, 3.05) is 6.61 Å². The Balaban J connectivity index is 1.70. The number of rotatable bonds is 3. The average molecular weight is 275 g/mol. The number of H-pyrrole nitrogens is 1. The Morgan fingerprint density at radius 1 is 1.50 bits per heavy atom. The standard InChI is InChI=1S/C14H21N5O/c1-10-6-12(16-15-10)8-19-9-13(17-18-19)11-4-5-20-14(2,3)7-11/h6,9,11H,4-5,7-8H2,1-3H3,(H,15,16). The molecule has 20 heavy (non-hydrogen) atoms. The highest BCUT2D eigenvalue weighted by molar-refractivity contribution is 5.09. The van der Waals surface area contributed by atoms with Crippen LogP contribution in [0.5, 0.6) is 0 Å². The van der Waals surface area contributed by atoms with E-state index in [1.54, 1.807) is 0 Å². The number of nitrogens with one attached hydrogen (secondary N) is 1. The number of ether oxygens (including phenoxy) is 1. The fourth-order valence-electron chi connectivity index (χ4n) is 2.78. The summed E-state index contributed by atoms with van der Waals surface area (Å²) in [6.45, 7) is 7.71. The minimum atomic E-state index is -0.0635. The van der Waals surface area contributed by atoms with Crippen LogP contribution in [0.15, 0.2) is 12.3 Å². The third kappa shape index (κ3) is 2.90. The second-order valence-electron chi connectivity index (χ2n) is 6.18. The van der Waals surface area contributed by atoms with Gasteiger partial charge in [-0.15, -0.1) is 5.10 Å². The number of hydrogen-bond acceptors (Lipinski definition) is 4. The van der Waals surface area contributed by atoms with Gasteiger partial charge in [0.15, 0.2) is 0 Å². The molecule has 1 saturated heterocycles. The molecule has 0 spiro atoms. The van der Waals surface area contributed by atoms with Gasteiger partial charge in [-0.3, -0.25) is 5.10 Å². The summed E-state index contributed by atoms with van der Waals surface area (Å²) in [5, 5.41) is 15.7. The molecular formula is C14H21N5O. The van der Waals surface area contributed by atoms with E-state index in [-0.39, 0.29) is 5.60 Å². The molecule has 0 saturated carbocycles. The summed E-state index contributed by atoms with van der Waals surface area (Å²) < 4.78 is 7.61. The van der Waals surface area contributed by atoms with Crippen molar-refractivity contribution in [2.24, 2.45) is 0 Å². The Morgan fingerprint density at radius 2 is 2.35 bits per heavy atom. The van der Waals surface area contributed by atoms with E-state index in [2.05, 4.69) is 34.4 Å². The Bertz CT molecular complexity index is 586. The van der Waals surface area contributed by atoms with Gasteiger partial charge in [-0.1, -0.05) is 5.21 Å². The van der Waals surface area contributed by atoms with Crippen LogP contribution in [-0.2, 0) is 11.3 Å². The van der Waals surface area contributed by atoms with Crippen LogP contribution in [-0.4, -0.2) is 37.4 Å². The van der Waals surface area contributed by atoms with Gasteiger partial charge in [-0.25, -0.2) is 4.68 Å². The van der Waals surface area contributed by atoms with Crippen molar-refractivity contribution in [3.05, 3.63) is 29.3 Å². The minimum absolute atomic E-state index is 0.0635. The Kier molecular flexibility index (Phi) is 3.33. The molecule has 3 heterocycles.